The molecule has 0 atom stereocenters. The van der Waals surface area contributed by atoms with Gasteiger partial charge in [-0.1, -0.05) is 18.5 Å². The number of likely N-dealkylation sites (N-methyl/N-ethyl adjacent to an activating group) is 1. The number of halogens is 1. The molecule has 0 heterocycles. The van der Waals surface area contributed by atoms with Gasteiger partial charge in [-0.25, -0.2) is 0 Å². The molecular weight excluding hydrogens is 242 g/mol. The lowest BCUT2D eigenvalue weighted by atomic mass is 10.1. The first-order chi connectivity index (χ1) is 8.08. The molecule has 6 heteroatoms. The zero-order valence-corrected chi connectivity index (χ0v) is 10.5. The predicted molar refractivity (Wildman–Crippen MR) is 68.1 cm³/mol. The van der Waals surface area contributed by atoms with E-state index in [1.807, 2.05) is 6.92 Å². The smallest absolute Gasteiger partial charge is 0.275 e. The average Bonchev–Trinajstić information content (AvgIpc) is 2.30. The van der Waals surface area contributed by atoms with Gasteiger partial charge in [-0.05, 0) is 18.7 Å². The largest absolute Gasteiger partial charge is 0.329 e. The predicted octanol–water partition coefficient (Wildman–Crippen LogP) is 2.03. The molecule has 1 rings (SSSR count). The number of nitrogens with zero attached hydrogens (tertiary/aromatic N) is 2. The van der Waals surface area contributed by atoms with Crippen molar-refractivity contribution in [2.24, 2.45) is 5.73 Å². The summed E-state index contributed by atoms with van der Waals surface area (Å²) in [5, 5.41) is 11.3. The molecule has 0 aliphatic rings. The number of nitro benzene ring substituents is 1. The molecule has 0 aromatic heterocycles. The molecule has 2 N–H and O–H groups in total. The van der Waals surface area contributed by atoms with Gasteiger partial charge in [-0.2, -0.15) is 0 Å². The van der Waals surface area contributed by atoms with Gasteiger partial charge in [-0.15, -0.1) is 0 Å². The number of benzene rings is 1. The molecule has 0 aliphatic carbocycles. The van der Waals surface area contributed by atoms with Crippen LogP contribution in [0.5, 0.6) is 0 Å². The molecule has 0 fully saturated rings. The van der Waals surface area contributed by atoms with E-state index in [4.69, 9.17) is 17.3 Å². The molecule has 0 saturated heterocycles. The topological polar surface area (TPSA) is 72.4 Å². The molecule has 0 spiro atoms. The molecule has 5 nitrogen and oxygen atoms in total. The number of nitro groups is 1. The van der Waals surface area contributed by atoms with Crippen LogP contribution < -0.4 is 5.73 Å². The van der Waals surface area contributed by atoms with Crippen molar-refractivity contribution < 1.29 is 4.92 Å². The van der Waals surface area contributed by atoms with Crippen LogP contribution in [0.15, 0.2) is 18.2 Å². The lowest BCUT2D eigenvalue weighted by Crippen LogP contribution is -2.29. The normalized spacial score (nSPS) is 10.8. The third kappa shape index (κ3) is 3.96. The standard InChI is InChI=1S/C11H16ClN3O2/c1-2-14(6-5-13)8-9-3-4-10(12)7-11(9)15(16)17/h3-4,7H,2,5-6,8,13H2,1H3. The fourth-order valence-electron chi connectivity index (χ4n) is 1.61. The van der Waals surface area contributed by atoms with Crippen LogP contribution in [0.1, 0.15) is 12.5 Å². The van der Waals surface area contributed by atoms with Crippen LogP contribution in [0.2, 0.25) is 5.02 Å². The van der Waals surface area contributed by atoms with Crippen molar-refractivity contribution in [1.29, 1.82) is 0 Å². The number of hydrogen-bond acceptors (Lipinski definition) is 4. The Morgan fingerprint density at radius 1 is 1.53 bits per heavy atom. The van der Waals surface area contributed by atoms with E-state index < -0.39 is 4.92 Å². The van der Waals surface area contributed by atoms with E-state index in [9.17, 15) is 10.1 Å². The van der Waals surface area contributed by atoms with Gasteiger partial charge in [0.1, 0.15) is 0 Å². The van der Waals surface area contributed by atoms with E-state index in [0.717, 1.165) is 13.1 Å². The summed E-state index contributed by atoms with van der Waals surface area (Å²) in [5.41, 5.74) is 6.21. The second-order valence-corrected chi connectivity index (χ2v) is 4.12. The zero-order chi connectivity index (χ0) is 12.8. The van der Waals surface area contributed by atoms with Gasteiger partial charge < -0.3 is 5.73 Å². The molecule has 94 valence electrons. The monoisotopic (exact) mass is 257 g/mol. The van der Waals surface area contributed by atoms with Crippen LogP contribution in [0, 0.1) is 10.1 Å². The van der Waals surface area contributed by atoms with Crippen LogP contribution in [0.3, 0.4) is 0 Å². The number of hydrogen-bond donors (Lipinski definition) is 1. The Morgan fingerprint density at radius 3 is 2.76 bits per heavy atom. The molecule has 1 aromatic rings. The van der Waals surface area contributed by atoms with Crippen LogP contribution in [-0.4, -0.2) is 29.5 Å². The second kappa shape index (κ2) is 6.54. The van der Waals surface area contributed by atoms with Crippen LogP contribution in [0.25, 0.3) is 0 Å². The average molecular weight is 258 g/mol. The minimum absolute atomic E-state index is 0.0629. The Bertz CT molecular complexity index is 398. The molecule has 1 aromatic carbocycles. The Labute approximate surface area is 105 Å². The molecule has 0 amide bonds. The minimum Gasteiger partial charge on any atom is -0.329 e. The van der Waals surface area contributed by atoms with Gasteiger partial charge in [-0.3, -0.25) is 15.0 Å². The summed E-state index contributed by atoms with van der Waals surface area (Å²) in [7, 11) is 0. The summed E-state index contributed by atoms with van der Waals surface area (Å²) in [6, 6.07) is 4.74. The van der Waals surface area contributed by atoms with Crippen molar-refractivity contribution in [3.63, 3.8) is 0 Å². The summed E-state index contributed by atoms with van der Waals surface area (Å²) in [5.74, 6) is 0. The molecular formula is C11H16ClN3O2. The van der Waals surface area contributed by atoms with Crippen LogP contribution in [0.4, 0.5) is 5.69 Å². The van der Waals surface area contributed by atoms with E-state index in [-0.39, 0.29) is 5.69 Å². The summed E-state index contributed by atoms with van der Waals surface area (Å²) in [6.07, 6.45) is 0. The summed E-state index contributed by atoms with van der Waals surface area (Å²) in [6.45, 7) is 4.57. The van der Waals surface area contributed by atoms with Crippen LogP contribution >= 0.6 is 11.6 Å². The molecule has 17 heavy (non-hydrogen) atoms. The molecule has 0 saturated carbocycles. The zero-order valence-electron chi connectivity index (χ0n) is 9.73. The van der Waals surface area contributed by atoms with E-state index in [1.54, 1.807) is 12.1 Å². The first-order valence-electron chi connectivity index (χ1n) is 5.43. The van der Waals surface area contributed by atoms with Crippen molar-refractivity contribution in [2.45, 2.75) is 13.5 Å². The lowest BCUT2D eigenvalue weighted by molar-refractivity contribution is -0.385. The Hall–Kier alpha value is -1.17. The fourth-order valence-corrected chi connectivity index (χ4v) is 1.78. The maximum atomic E-state index is 10.9. The second-order valence-electron chi connectivity index (χ2n) is 3.69. The Balaban J connectivity index is 2.92. The fraction of sp³-hybridized carbons (Fsp3) is 0.455. The Kier molecular flexibility index (Phi) is 5.34. The highest BCUT2D eigenvalue weighted by molar-refractivity contribution is 6.30. The minimum atomic E-state index is -0.405. The molecule has 0 unspecified atom stereocenters. The van der Waals surface area contributed by atoms with Crippen molar-refractivity contribution >= 4 is 17.3 Å². The van der Waals surface area contributed by atoms with E-state index in [1.165, 1.54) is 6.07 Å². The van der Waals surface area contributed by atoms with Crippen molar-refractivity contribution in [2.75, 3.05) is 19.6 Å². The summed E-state index contributed by atoms with van der Waals surface area (Å²) < 4.78 is 0. The molecule has 0 bridgehead atoms. The van der Waals surface area contributed by atoms with Gasteiger partial charge >= 0.3 is 0 Å². The summed E-state index contributed by atoms with van der Waals surface area (Å²) in [4.78, 5) is 12.6. The van der Waals surface area contributed by atoms with E-state index in [2.05, 4.69) is 4.90 Å². The maximum absolute atomic E-state index is 10.9. The van der Waals surface area contributed by atoms with Crippen molar-refractivity contribution in [3.05, 3.63) is 38.9 Å². The van der Waals surface area contributed by atoms with Gasteiger partial charge in [0.05, 0.1) is 4.92 Å². The number of nitrogens with two attached hydrogens (primary N) is 1. The third-order valence-electron chi connectivity index (χ3n) is 2.53. The van der Waals surface area contributed by atoms with Crippen molar-refractivity contribution in [1.82, 2.24) is 4.90 Å². The highest BCUT2D eigenvalue weighted by Gasteiger charge is 2.16. The Morgan fingerprint density at radius 2 is 2.24 bits per heavy atom. The summed E-state index contributed by atoms with van der Waals surface area (Å²) >= 11 is 5.75. The van der Waals surface area contributed by atoms with Gasteiger partial charge in [0.2, 0.25) is 0 Å². The highest BCUT2D eigenvalue weighted by atomic mass is 35.5. The third-order valence-corrected chi connectivity index (χ3v) is 2.77. The van der Waals surface area contributed by atoms with Gasteiger partial charge in [0.25, 0.3) is 5.69 Å². The quantitative estimate of drug-likeness (QED) is 0.625. The lowest BCUT2D eigenvalue weighted by Gasteiger charge is -2.19. The molecule has 0 aliphatic heterocycles. The molecule has 0 radical (unpaired) electrons. The number of rotatable bonds is 6. The van der Waals surface area contributed by atoms with Crippen LogP contribution in [-0.2, 0) is 6.54 Å². The van der Waals surface area contributed by atoms with Crippen molar-refractivity contribution in [3.8, 4) is 0 Å². The van der Waals surface area contributed by atoms with Gasteiger partial charge in [0.15, 0.2) is 0 Å². The van der Waals surface area contributed by atoms with E-state index >= 15 is 0 Å². The SMILES string of the molecule is CCN(CCN)Cc1ccc(Cl)cc1[N+](=O)[O-]. The maximum Gasteiger partial charge on any atom is 0.275 e. The first kappa shape index (κ1) is 13.9. The first-order valence-corrected chi connectivity index (χ1v) is 5.81. The highest BCUT2D eigenvalue weighted by Crippen LogP contribution is 2.24. The van der Waals surface area contributed by atoms with E-state index in [0.29, 0.717) is 23.7 Å². The van der Waals surface area contributed by atoms with Gasteiger partial charge in [0, 0.05) is 36.3 Å².